The minimum absolute atomic E-state index is 0.324. The lowest BCUT2D eigenvalue weighted by Gasteiger charge is -2.27. The molecule has 0 atom stereocenters. The van der Waals surface area contributed by atoms with Gasteiger partial charge in [0.25, 0.3) is 0 Å². The summed E-state index contributed by atoms with van der Waals surface area (Å²) in [6.07, 6.45) is 4.98. The summed E-state index contributed by atoms with van der Waals surface area (Å²) in [7, 11) is 0. The van der Waals surface area contributed by atoms with Gasteiger partial charge in [0, 0.05) is 31.6 Å². The van der Waals surface area contributed by atoms with E-state index < -0.39 is 0 Å². The highest BCUT2D eigenvalue weighted by atomic mass is 16.3. The molecule has 0 aliphatic heterocycles. The Kier molecular flexibility index (Phi) is 12.8. The lowest BCUT2D eigenvalue weighted by Crippen LogP contribution is -2.27. The van der Waals surface area contributed by atoms with Crippen LogP contribution in [0, 0.1) is 30.1 Å². The maximum atomic E-state index is 5.46. The van der Waals surface area contributed by atoms with Crippen LogP contribution in [0.5, 0.6) is 0 Å². The van der Waals surface area contributed by atoms with E-state index in [1.807, 2.05) is 25.1 Å². The molecule has 3 heteroatoms. The molecular weight excluding hydrogens is 454 g/mol. The first kappa shape index (κ1) is 32.6. The highest BCUT2D eigenvalue weighted by Gasteiger charge is 2.14. The molecule has 0 amide bonds. The van der Waals surface area contributed by atoms with Gasteiger partial charge in [0.1, 0.15) is 17.3 Å². The molecule has 0 N–H and O–H groups in total. The Hall–Kier alpha value is -2.42. The van der Waals surface area contributed by atoms with Gasteiger partial charge in [-0.3, -0.25) is 0 Å². The molecule has 3 nitrogen and oxygen atoms in total. The number of rotatable bonds is 6. The second kappa shape index (κ2) is 14.5. The Morgan fingerprint density at radius 1 is 0.703 bits per heavy atom. The lowest BCUT2D eigenvalue weighted by molar-refractivity contribution is 0.357. The van der Waals surface area contributed by atoms with E-state index in [1.54, 1.807) is 6.26 Å². The zero-order valence-corrected chi connectivity index (χ0v) is 26.0. The first-order valence-corrected chi connectivity index (χ1v) is 13.9. The van der Waals surface area contributed by atoms with Crippen LogP contribution in [-0.4, -0.2) is 13.1 Å². The molecule has 0 fully saturated rings. The molecule has 0 bridgehead atoms. The Bertz CT molecular complexity index is 992. The average Bonchev–Trinajstić information content (AvgIpc) is 3.38. The molecule has 0 aliphatic rings. The zero-order valence-electron chi connectivity index (χ0n) is 26.0. The summed E-state index contributed by atoms with van der Waals surface area (Å²) < 4.78 is 10.7. The third kappa shape index (κ3) is 16.1. The quantitative estimate of drug-likeness (QED) is 0.331. The Labute approximate surface area is 228 Å². The van der Waals surface area contributed by atoms with Crippen LogP contribution in [0.2, 0.25) is 0 Å². The maximum absolute atomic E-state index is 5.46. The van der Waals surface area contributed by atoms with Crippen molar-refractivity contribution in [2.45, 2.75) is 102 Å². The van der Waals surface area contributed by atoms with Gasteiger partial charge in [0.15, 0.2) is 0 Å². The van der Waals surface area contributed by atoms with Gasteiger partial charge in [-0.2, -0.15) is 0 Å². The summed E-state index contributed by atoms with van der Waals surface area (Å²) in [4.78, 5) is 2.46. The van der Waals surface area contributed by atoms with E-state index >= 15 is 0 Å². The zero-order chi connectivity index (χ0) is 28.3. The largest absolute Gasteiger partial charge is 0.469 e. The number of aryl methyl sites for hydroxylation is 2. The number of benzene rings is 1. The monoisotopic (exact) mass is 509 g/mol. The highest BCUT2D eigenvalue weighted by molar-refractivity contribution is 5.48. The van der Waals surface area contributed by atoms with Gasteiger partial charge in [-0.1, -0.05) is 74.4 Å². The van der Waals surface area contributed by atoms with Gasteiger partial charge in [0.05, 0.1) is 6.26 Å². The van der Waals surface area contributed by atoms with Gasteiger partial charge in [-0.05, 0) is 85.4 Å². The van der Waals surface area contributed by atoms with E-state index in [4.69, 9.17) is 8.83 Å². The molecule has 3 aromatic rings. The second-order valence-electron chi connectivity index (χ2n) is 13.8. The summed E-state index contributed by atoms with van der Waals surface area (Å²) in [5.74, 6) is 3.17. The van der Waals surface area contributed by atoms with E-state index in [0.29, 0.717) is 16.2 Å². The average molecular weight is 510 g/mol. The standard InChI is InChI=1S/C15H25N.C10H16O.C9H14O/c1-6-16(11-10-15(3,4)5)14-9-7-8-13(2)12-14;1-8-5-6-9(11-8)7-10(2,3)4;1-9(2,3)7-8-5-4-6-10-8/h7-9,12H,6,10-11H2,1-5H3;5-6H,7H2,1-4H3;4-6H,7H2,1-3H3. The van der Waals surface area contributed by atoms with E-state index in [2.05, 4.69) is 111 Å². The van der Waals surface area contributed by atoms with Crippen LogP contribution in [0.4, 0.5) is 5.69 Å². The predicted octanol–water partition coefficient (Wildman–Crippen LogP) is 10.3. The lowest BCUT2D eigenvalue weighted by atomic mass is 9.91. The van der Waals surface area contributed by atoms with Crippen molar-refractivity contribution in [3.63, 3.8) is 0 Å². The van der Waals surface area contributed by atoms with Crippen LogP contribution in [0.15, 0.2) is 63.6 Å². The van der Waals surface area contributed by atoms with Gasteiger partial charge >= 0.3 is 0 Å². The van der Waals surface area contributed by atoms with Gasteiger partial charge in [0.2, 0.25) is 0 Å². The van der Waals surface area contributed by atoms with Crippen LogP contribution in [0.25, 0.3) is 0 Å². The molecule has 0 saturated carbocycles. The van der Waals surface area contributed by atoms with E-state index in [-0.39, 0.29) is 0 Å². The summed E-state index contributed by atoms with van der Waals surface area (Å²) in [6, 6.07) is 16.8. The fraction of sp³-hybridized carbons (Fsp3) is 0.588. The van der Waals surface area contributed by atoms with Crippen LogP contribution >= 0.6 is 0 Å². The molecule has 0 unspecified atom stereocenters. The summed E-state index contributed by atoms with van der Waals surface area (Å²) >= 11 is 0. The minimum atomic E-state index is 0.324. The Balaban J connectivity index is 0.000000288. The number of hydrogen-bond acceptors (Lipinski definition) is 3. The molecule has 2 aromatic heterocycles. The smallest absolute Gasteiger partial charge is 0.104 e. The Morgan fingerprint density at radius 3 is 1.76 bits per heavy atom. The van der Waals surface area contributed by atoms with Crippen LogP contribution in [0.3, 0.4) is 0 Å². The summed E-state index contributed by atoms with van der Waals surface area (Å²) in [6.45, 7) is 28.7. The number of nitrogens with zero attached hydrogens (tertiary/aromatic N) is 1. The van der Waals surface area contributed by atoms with Gasteiger partial charge < -0.3 is 13.7 Å². The number of furan rings is 2. The maximum Gasteiger partial charge on any atom is 0.104 e. The predicted molar refractivity (Wildman–Crippen MR) is 162 cm³/mol. The first-order chi connectivity index (χ1) is 17.0. The second-order valence-corrected chi connectivity index (χ2v) is 13.8. The third-order valence-electron chi connectivity index (χ3n) is 5.67. The van der Waals surface area contributed by atoms with E-state index in [0.717, 1.165) is 43.2 Å². The van der Waals surface area contributed by atoms with Crippen molar-refractivity contribution in [1.29, 1.82) is 0 Å². The van der Waals surface area contributed by atoms with Crippen LogP contribution in [0.1, 0.15) is 98.5 Å². The molecule has 2 heterocycles. The fourth-order valence-electron chi connectivity index (χ4n) is 3.80. The number of anilines is 1. The van der Waals surface area contributed by atoms with Crippen molar-refractivity contribution in [2.75, 3.05) is 18.0 Å². The van der Waals surface area contributed by atoms with E-state index in [9.17, 15) is 0 Å². The van der Waals surface area contributed by atoms with Crippen molar-refractivity contribution in [1.82, 2.24) is 0 Å². The molecular formula is C34H55NO2. The summed E-state index contributed by atoms with van der Waals surface area (Å²) in [5.41, 5.74) is 3.76. The molecule has 3 rings (SSSR count). The molecule has 37 heavy (non-hydrogen) atoms. The van der Waals surface area contributed by atoms with Crippen molar-refractivity contribution >= 4 is 5.69 Å². The molecule has 1 aromatic carbocycles. The SMILES string of the molecule is CC(C)(C)Cc1ccco1.CCN(CCC(C)(C)C)c1cccc(C)c1.Cc1ccc(CC(C)(C)C)o1. The molecule has 0 aliphatic carbocycles. The van der Waals surface area contributed by atoms with Crippen molar-refractivity contribution < 1.29 is 8.83 Å². The van der Waals surface area contributed by atoms with Gasteiger partial charge in [-0.25, -0.2) is 0 Å². The molecule has 0 spiro atoms. The third-order valence-corrected chi connectivity index (χ3v) is 5.67. The molecule has 0 saturated heterocycles. The first-order valence-electron chi connectivity index (χ1n) is 13.9. The van der Waals surface area contributed by atoms with Crippen LogP contribution in [-0.2, 0) is 12.8 Å². The number of hydrogen-bond donors (Lipinski definition) is 0. The van der Waals surface area contributed by atoms with Crippen molar-refractivity contribution in [3.8, 4) is 0 Å². The topological polar surface area (TPSA) is 29.5 Å². The molecule has 208 valence electrons. The Morgan fingerprint density at radius 2 is 1.32 bits per heavy atom. The normalized spacial score (nSPS) is 11.8. The molecule has 0 radical (unpaired) electrons. The van der Waals surface area contributed by atoms with Crippen molar-refractivity contribution in [2.24, 2.45) is 16.2 Å². The summed E-state index contributed by atoms with van der Waals surface area (Å²) in [5, 5.41) is 0. The highest BCUT2D eigenvalue weighted by Crippen LogP contribution is 2.23. The van der Waals surface area contributed by atoms with Crippen LogP contribution < -0.4 is 4.90 Å². The van der Waals surface area contributed by atoms with Gasteiger partial charge in [-0.15, -0.1) is 0 Å². The van der Waals surface area contributed by atoms with Crippen molar-refractivity contribution in [3.05, 3.63) is 77.6 Å². The van der Waals surface area contributed by atoms with E-state index in [1.165, 1.54) is 17.7 Å². The fourth-order valence-corrected chi connectivity index (χ4v) is 3.80. The minimum Gasteiger partial charge on any atom is -0.469 e.